The van der Waals surface area contributed by atoms with Gasteiger partial charge in [-0.05, 0) is 12.8 Å². The number of hydrogen-bond donors (Lipinski definition) is 0. The molecule has 0 radical (unpaired) electrons. The second-order valence-corrected chi connectivity index (χ2v) is 7.12. The minimum absolute atomic E-state index is 0.226. The molecule has 5 nitrogen and oxygen atoms in total. The van der Waals surface area contributed by atoms with Gasteiger partial charge in [0.15, 0.2) is 0 Å². The van der Waals surface area contributed by atoms with Gasteiger partial charge in [-0.1, -0.05) is 24.4 Å². The first-order valence-corrected chi connectivity index (χ1v) is 8.28. The summed E-state index contributed by atoms with van der Waals surface area (Å²) in [5, 5.41) is 4.86. The summed E-state index contributed by atoms with van der Waals surface area (Å²) in [6.07, 6.45) is 6.69. The third-order valence-corrected chi connectivity index (χ3v) is 4.84. The Bertz CT molecular complexity index is 526. The molecule has 2 heterocycles. The molecule has 1 atom stereocenters. The summed E-state index contributed by atoms with van der Waals surface area (Å²) < 4.78 is 26.9. The second kappa shape index (κ2) is 5.19. The van der Waals surface area contributed by atoms with Gasteiger partial charge in [-0.2, -0.15) is 9.40 Å². The first kappa shape index (κ1) is 13.8. The van der Waals surface area contributed by atoms with Gasteiger partial charge in [-0.25, -0.2) is 8.42 Å². The molecule has 102 valence electrons. The SMILES string of the molecule is Cn1cc(Cl)c(C2CCCCCN2S(C)(=O)=O)n1. The van der Waals surface area contributed by atoms with E-state index in [1.54, 1.807) is 17.9 Å². The maximum absolute atomic E-state index is 11.9. The van der Waals surface area contributed by atoms with Gasteiger partial charge in [-0.15, -0.1) is 0 Å². The van der Waals surface area contributed by atoms with Crippen molar-refractivity contribution in [3.05, 3.63) is 16.9 Å². The molecule has 1 saturated heterocycles. The molecular weight excluding hydrogens is 274 g/mol. The Hall–Kier alpha value is -0.590. The highest BCUT2D eigenvalue weighted by Gasteiger charge is 2.32. The molecule has 18 heavy (non-hydrogen) atoms. The minimum Gasteiger partial charge on any atom is -0.274 e. The molecule has 1 aromatic heterocycles. The minimum atomic E-state index is -3.23. The quantitative estimate of drug-likeness (QED) is 0.837. The van der Waals surface area contributed by atoms with Crippen molar-refractivity contribution in [2.75, 3.05) is 12.8 Å². The van der Waals surface area contributed by atoms with Crippen molar-refractivity contribution >= 4 is 21.6 Å². The Morgan fingerprint density at radius 3 is 2.67 bits per heavy atom. The molecule has 0 aromatic carbocycles. The van der Waals surface area contributed by atoms with E-state index in [-0.39, 0.29) is 6.04 Å². The molecule has 0 N–H and O–H groups in total. The lowest BCUT2D eigenvalue weighted by Gasteiger charge is -2.26. The van der Waals surface area contributed by atoms with Crippen molar-refractivity contribution in [3.63, 3.8) is 0 Å². The Morgan fingerprint density at radius 1 is 1.39 bits per heavy atom. The average molecular weight is 292 g/mol. The lowest BCUT2D eigenvalue weighted by molar-refractivity contribution is 0.324. The van der Waals surface area contributed by atoms with E-state index in [4.69, 9.17) is 11.6 Å². The Morgan fingerprint density at radius 2 is 2.11 bits per heavy atom. The summed E-state index contributed by atoms with van der Waals surface area (Å²) in [5.41, 5.74) is 0.673. The van der Waals surface area contributed by atoms with Crippen LogP contribution in [-0.4, -0.2) is 35.3 Å². The summed E-state index contributed by atoms with van der Waals surface area (Å²) in [6.45, 7) is 0.552. The average Bonchev–Trinajstić information content (AvgIpc) is 2.51. The van der Waals surface area contributed by atoms with E-state index in [2.05, 4.69) is 5.10 Å². The fourth-order valence-electron chi connectivity index (χ4n) is 2.45. The van der Waals surface area contributed by atoms with Crippen LogP contribution in [0.4, 0.5) is 0 Å². The van der Waals surface area contributed by atoms with Gasteiger partial charge in [0.05, 0.1) is 23.0 Å². The zero-order valence-corrected chi connectivity index (χ0v) is 12.2. The molecule has 7 heteroatoms. The molecule has 1 aromatic rings. The summed E-state index contributed by atoms with van der Waals surface area (Å²) in [4.78, 5) is 0. The smallest absolute Gasteiger partial charge is 0.211 e. The van der Waals surface area contributed by atoms with Gasteiger partial charge in [-0.3, -0.25) is 4.68 Å². The number of aryl methyl sites for hydroxylation is 1. The Balaban J connectivity index is 2.40. The van der Waals surface area contributed by atoms with Crippen LogP contribution in [0.25, 0.3) is 0 Å². The van der Waals surface area contributed by atoms with Crippen molar-refractivity contribution in [2.24, 2.45) is 7.05 Å². The van der Waals surface area contributed by atoms with E-state index in [0.717, 1.165) is 25.7 Å². The van der Waals surface area contributed by atoms with Crippen LogP contribution in [-0.2, 0) is 17.1 Å². The van der Waals surface area contributed by atoms with Crippen LogP contribution in [0.15, 0.2) is 6.20 Å². The molecule has 1 aliphatic rings. The molecule has 2 rings (SSSR count). The fraction of sp³-hybridized carbons (Fsp3) is 0.727. The number of nitrogens with zero attached hydrogens (tertiary/aromatic N) is 3. The number of halogens is 1. The van der Waals surface area contributed by atoms with Crippen molar-refractivity contribution in [2.45, 2.75) is 31.7 Å². The summed E-state index contributed by atoms with van der Waals surface area (Å²) in [7, 11) is -1.44. The molecule has 0 spiro atoms. The van der Waals surface area contributed by atoms with Crippen LogP contribution in [0.3, 0.4) is 0 Å². The van der Waals surface area contributed by atoms with E-state index < -0.39 is 10.0 Å². The highest BCUT2D eigenvalue weighted by molar-refractivity contribution is 7.88. The molecule has 1 fully saturated rings. The lowest BCUT2D eigenvalue weighted by Crippen LogP contribution is -2.34. The summed E-state index contributed by atoms with van der Waals surface area (Å²) >= 11 is 6.14. The molecule has 0 bridgehead atoms. The third kappa shape index (κ3) is 2.87. The summed E-state index contributed by atoms with van der Waals surface area (Å²) in [6, 6.07) is -0.226. The molecular formula is C11H18ClN3O2S. The third-order valence-electron chi connectivity index (χ3n) is 3.26. The first-order chi connectivity index (χ1) is 8.39. The standard InChI is InChI=1S/C11H18ClN3O2S/c1-14-8-9(12)11(13-14)10-6-4-3-5-7-15(10)18(2,16)17/h8,10H,3-7H2,1-2H3. The predicted molar refractivity (Wildman–Crippen MR) is 71.0 cm³/mol. The van der Waals surface area contributed by atoms with E-state index in [1.165, 1.54) is 10.6 Å². The highest BCUT2D eigenvalue weighted by Crippen LogP contribution is 2.34. The van der Waals surface area contributed by atoms with E-state index in [9.17, 15) is 8.42 Å². The maximum atomic E-state index is 11.9. The van der Waals surface area contributed by atoms with Gasteiger partial charge in [0.2, 0.25) is 10.0 Å². The zero-order valence-electron chi connectivity index (χ0n) is 10.6. The normalized spacial score (nSPS) is 22.9. The van der Waals surface area contributed by atoms with Crippen molar-refractivity contribution in [3.8, 4) is 0 Å². The van der Waals surface area contributed by atoms with Gasteiger partial charge in [0, 0.05) is 19.8 Å². The highest BCUT2D eigenvalue weighted by atomic mass is 35.5. The zero-order chi connectivity index (χ0) is 13.3. The van der Waals surface area contributed by atoms with Crippen molar-refractivity contribution in [1.82, 2.24) is 14.1 Å². The number of sulfonamides is 1. The molecule has 0 saturated carbocycles. The largest absolute Gasteiger partial charge is 0.274 e. The number of aromatic nitrogens is 2. The number of rotatable bonds is 2. The van der Waals surface area contributed by atoms with Crippen molar-refractivity contribution in [1.29, 1.82) is 0 Å². The molecule has 1 unspecified atom stereocenters. The van der Waals surface area contributed by atoms with Crippen LogP contribution in [0.1, 0.15) is 37.4 Å². The van der Waals surface area contributed by atoms with Gasteiger partial charge >= 0.3 is 0 Å². The first-order valence-electron chi connectivity index (χ1n) is 6.05. The maximum Gasteiger partial charge on any atom is 0.211 e. The van der Waals surface area contributed by atoms with E-state index in [1.807, 2.05) is 0 Å². The molecule has 0 aliphatic carbocycles. The van der Waals surface area contributed by atoms with Gasteiger partial charge in [0.25, 0.3) is 0 Å². The van der Waals surface area contributed by atoms with Gasteiger partial charge < -0.3 is 0 Å². The number of hydrogen-bond acceptors (Lipinski definition) is 3. The van der Waals surface area contributed by atoms with Gasteiger partial charge in [0.1, 0.15) is 0 Å². The van der Waals surface area contributed by atoms with Crippen LogP contribution in [0.2, 0.25) is 5.02 Å². The molecule has 1 aliphatic heterocycles. The summed E-state index contributed by atoms with van der Waals surface area (Å²) in [5.74, 6) is 0. The topological polar surface area (TPSA) is 55.2 Å². The second-order valence-electron chi connectivity index (χ2n) is 4.77. The lowest BCUT2D eigenvalue weighted by atomic mass is 10.1. The van der Waals surface area contributed by atoms with Crippen LogP contribution in [0, 0.1) is 0 Å². The Labute approximate surface area is 113 Å². The fourth-order valence-corrected chi connectivity index (χ4v) is 3.89. The monoisotopic (exact) mass is 291 g/mol. The Kier molecular flexibility index (Phi) is 3.99. The molecule has 0 amide bonds. The predicted octanol–water partition coefficient (Wildman–Crippen LogP) is 1.95. The van der Waals surface area contributed by atoms with E-state index in [0.29, 0.717) is 17.3 Å². The van der Waals surface area contributed by atoms with Crippen LogP contribution < -0.4 is 0 Å². The van der Waals surface area contributed by atoms with Crippen LogP contribution >= 0.6 is 11.6 Å². The van der Waals surface area contributed by atoms with Crippen LogP contribution in [0.5, 0.6) is 0 Å². The van der Waals surface area contributed by atoms with E-state index >= 15 is 0 Å². The van der Waals surface area contributed by atoms with Crippen molar-refractivity contribution < 1.29 is 8.42 Å².